The van der Waals surface area contributed by atoms with Crippen molar-refractivity contribution in [2.24, 2.45) is 10.7 Å². The van der Waals surface area contributed by atoms with Gasteiger partial charge in [0, 0.05) is 11.8 Å². The van der Waals surface area contributed by atoms with Crippen molar-refractivity contribution in [3.63, 3.8) is 0 Å². The second-order valence-corrected chi connectivity index (χ2v) is 7.02. The van der Waals surface area contributed by atoms with Crippen LogP contribution < -0.4 is 5.73 Å². The van der Waals surface area contributed by atoms with E-state index in [-0.39, 0.29) is 37.3 Å². The van der Waals surface area contributed by atoms with Crippen LogP contribution in [0.2, 0.25) is 20.4 Å². The molecule has 1 aromatic heterocycles. The number of halogens is 7. The smallest absolute Gasteiger partial charge is 0.388 e. The zero-order valence-electron chi connectivity index (χ0n) is 14.2. The maximum absolute atomic E-state index is 13.0. The maximum Gasteiger partial charge on any atom is 0.416 e. The third kappa shape index (κ3) is 4.47. The van der Waals surface area contributed by atoms with Gasteiger partial charge in [-0.05, 0) is 24.6 Å². The van der Waals surface area contributed by atoms with E-state index in [9.17, 15) is 13.2 Å². The van der Waals surface area contributed by atoms with Gasteiger partial charge < -0.3 is 5.73 Å². The third-order valence-corrected chi connectivity index (χ3v) is 5.10. The highest BCUT2D eigenvalue weighted by molar-refractivity contribution is 6.40. The van der Waals surface area contributed by atoms with Crippen LogP contribution in [0.25, 0.3) is 5.69 Å². The third-order valence-electron chi connectivity index (χ3n) is 3.70. The fourth-order valence-corrected chi connectivity index (χ4v) is 3.60. The van der Waals surface area contributed by atoms with Crippen LogP contribution in [0.4, 0.5) is 13.2 Å². The molecule has 2 rings (SSSR count). The van der Waals surface area contributed by atoms with Crippen LogP contribution in [0.5, 0.6) is 0 Å². The molecule has 0 aliphatic rings. The number of alkyl halides is 3. The number of aliphatic imine (C=N–C) groups is 1. The van der Waals surface area contributed by atoms with Crippen molar-refractivity contribution >= 4 is 52.6 Å². The number of benzene rings is 1. The number of nitrogens with two attached hydrogens (primary N) is 1. The summed E-state index contributed by atoms with van der Waals surface area (Å²) in [6.45, 7) is 1.56. The van der Waals surface area contributed by atoms with Gasteiger partial charge in [0.2, 0.25) is 0 Å². The van der Waals surface area contributed by atoms with E-state index in [0.717, 1.165) is 10.8 Å². The van der Waals surface area contributed by atoms with Crippen molar-refractivity contribution in [1.29, 1.82) is 10.5 Å². The minimum Gasteiger partial charge on any atom is -0.388 e. The van der Waals surface area contributed by atoms with Crippen molar-refractivity contribution in [2.45, 2.75) is 13.1 Å². The molecule has 0 bridgehead atoms. The molecule has 0 amide bonds. The Morgan fingerprint density at radius 1 is 1.10 bits per heavy atom. The highest BCUT2D eigenvalue weighted by Crippen LogP contribution is 2.42. The quantitative estimate of drug-likeness (QED) is 0.427. The Balaban J connectivity index is 2.70. The van der Waals surface area contributed by atoms with Crippen LogP contribution in [-0.2, 0) is 6.18 Å². The summed E-state index contributed by atoms with van der Waals surface area (Å²) in [5, 5.41) is 17.0. The summed E-state index contributed by atoms with van der Waals surface area (Å²) in [5.74, 6) is 0. The van der Waals surface area contributed by atoms with Gasteiger partial charge in [-0.2, -0.15) is 23.7 Å². The van der Waals surface area contributed by atoms with E-state index >= 15 is 0 Å². The number of rotatable bonds is 3. The zero-order valence-corrected chi connectivity index (χ0v) is 17.3. The summed E-state index contributed by atoms with van der Waals surface area (Å²) in [7, 11) is 0. The number of aromatic nitrogens is 1. The average Bonchev–Trinajstić information content (AvgIpc) is 2.84. The number of nitrogens with zero attached hydrogens (tertiary/aromatic N) is 4. The monoisotopic (exact) mass is 479 g/mol. The van der Waals surface area contributed by atoms with Gasteiger partial charge in [0.15, 0.2) is 5.70 Å². The number of nitriles is 2. The Morgan fingerprint density at radius 3 is 2.10 bits per heavy atom. The van der Waals surface area contributed by atoms with Gasteiger partial charge >= 0.3 is 6.18 Å². The molecular weight excluding hydrogens is 473 g/mol. The van der Waals surface area contributed by atoms with E-state index in [1.165, 1.54) is 0 Å². The standard InChI is InChI=1S/C17H8Cl4F3N5/c1-7-9(6-28-13(5-26)12(27)4-25)16(21)29(15(7)20)14-10(18)2-8(3-11(14)19)17(22,23)24/h2-3,6H,27H2,1H3. The second kappa shape index (κ2) is 8.56. The Kier molecular flexibility index (Phi) is 6.77. The fraction of sp³-hybridized carbons (Fsp3) is 0.118. The highest BCUT2D eigenvalue weighted by Gasteiger charge is 2.33. The number of allylic oxidation sites excluding steroid dienone is 2. The van der Waals surface area contributed by atoms with Crippen LogP contribution in [0.1, 0.15) is 16.7 Å². The van der Waals surface area contributed by atoms with Gasteiger partial charge in [0.05, 0.1) is 21.3 Å². The normalized spacial score (nSPS) is 12.6. The molecule has 2 aromatic rings. The fourth-order valence-electron chi connectivity index (χ4n) is 2.27. The van der Waals surface area contributed by atoms with Crippen molar-refractivity contribution in [2.75, 3.05) is 0 Å². The molecule has 0 saturated heterocycles. The van der Waals surface area contributed by atoms with Gasteiger partial charge in [-0.15, -0.1) is 0 Å². The number of hydrogen-bond donors (Lipinski definition) is 1. The molecule has 2 N–H and O–H groups in total. The summed E-state index contributed by atoms with van der Waals surface area (Å²) in [6, 6.07) is 4.64. The topological polar surface area (TPSA) is 90.9 Å². The lowest BCUT2D eigenvalue weighted by Gasteiger charge is -2.15. The van der Waals surface area contributed by atoms with Crippen molar-refractivity contribution in [3.05, 3.63) is 60.6 Å². The molecule has 1 heterocycles. The van der Waals surface area contributed by atoms with Crippen LogP contribution >= 0.6 is 46.4 Å². The summed E-state index contributed by atoms with van der Waals surface area (Å²) >= 11 is 24.7. The largest absolute Gasteiger partial charge is 0.416 e. The molecule has 150 valence electrons. The second-order valence-electron chi connectivity index (χ2n) is 5.49. The predicted octanol–water partition coefficient (Wildman–Crippen LogP) is 6.05. The summed E-state index contributed by atoms with van der Waals surface area (Å²) < 4.78 is 40.0. The van der Waals surface area contributed by atoms with Crippen LogP contribution in [-0.4, -0.2) is 10.8 Å². The maximum atomic E-state index is 13.0. The van der Waals surface area contributed by atoms with Crippen LogP contribution in [0, 0.1) is 29.6 Å². The van der Waals surface area contributed by atoms with E-state index in [4.69, 9.17) is 62.7 Å². The average molecular weight is 481 g/mol. The van der Waals surface area contributed by atoms with Gasteiger partial charge in [-0.25, -0.2) is 4.99 Å². The predicted molar refractivity (Wildman–Crippen MR) is 106 cm³/mol. The molecule has 5 nitrogen and oxygen atoms in total. The minimum absolute atomic E-state index is 0.00995. The minimum atomic E-state index is -4.65. The Morgan fingerprint density at radius 2 is 1.66 bits per heavy atom. The van der Waals surface area contributed by atoms with Gasteiger partial charge in [-0.1, -0.05) is 46.4 Å². The summed E-state index contributed by atoms with van der Waals surface area (Å²) in [5.41, 5.74) is 4.12. The van der Waals surface area contributed by atoms with Gasteiger partial charge in [-0.3, -0.25) is 4.57 Å². The van der Waals surface area contributed by atoms with E-state index in [0.29, 0.717) is 17.7 Å². The molecule has 0 fully saturated rings. The summed E-state index contributed by atoms with van der Waals surface area (Å²) in [4.78, 5) is 3.82. The molecule has 0 spiro atoms. The van der Waals surface area contributed by atoms with E-state index in [2.05, 4.69) is 4.99 Å². The van der Waals surface area contributed by atoms with Crippen molar-refractivity contribution < 1.29 is 13.2 Å². The van der Waals surface area contributed by atoms with E-state index in [1.807, 2.05) is 0 Å². The van der Waals surface area contributed by atoms with Gasteiger partial charge in [0.1, 0.15) is 28.1 Å². The molecule has 0 radical (unpaired) electrons. The first kappa shape index (κ1) is 22.9. The molecule has 0 aliphatic carbocycles. The van der Waals surface area contributed by atoms with Gasteiger partial charge in [0.25, 0.3) is 0 Å². The first-order chi connectivity index (χ1) is 13.4. The Labute approximate surface area is 183 Å². The molecule has 0 unspecified atom stereocenters. The van der Waals surface area contributed by atoms with E-state index < -0.39 is 17.4 Å². The molecule has 12 heteroatoms. The lowest BCUT2D eigenvalue weighted by molar-refractivity contribution is -0.137. The lowest BCUT2D eigenvalue weighted by Crippen LogP contribution is -2.07. The van der Waals surface area contributed by atoms with Crippen LogP contribution in [0.15, 0.2) is 28.5 Å². The molecule has 0 atom stereocenters. The molecule has 0 aliphatic heterocycles. The Bertz CT molecular complexity index is 1110. The summed E-state index contributed by atoms with van der Waals surface area (Å²) in [6.07, 6.45) is -3.50. The van der Waals surface area contributed by atoms with Crippen LogP contribution in [0.3, 0.4) is 0 Å². The first-order valence-corrected chi connectivity index (χ1v) is 8.92. The molecule has 0 saturated carbocycles. The van der Waals surface area contributed by atoms with E-state index in [1.54, 1.807) is 19.1 Å². The molecular formula is C17H8Cl4F3N5. The van der Waals surface area contributed by atoms with Crippen molar-refractivity contribution in [1.82, 2.24) is 4.57 Å². The Hall–Kier alpha value is -2.36. The van der Waals surface area contributed by atoms with Crippen molar-refractivity contribution in [3.8, 4) is 17.8 Å². The lowest BCUT2D eigenvalue weighted by atomic mass is 10.2. The molecule has 1 aromatic carbocycles. The molecule has 29 heavy (non-hydrogen) atoms. The number of hydrogen-bond acceptors (Lipinski definition) is 4. The highest BCUT2D eigenvalue weighted by atomic mass is 35.5. The zero-order chi connectivity index (χ0) is 22.1. The first-order valence-electron chi connectivity index (χ1n) is 7.40. The SMILES string of the molecule is Cc1c(C=NC(C#N)=C(N)C#N)c(Cl)n(-c2c(Cl)cc(C(F)(F)F)cc2Cl)c1Cl.